The van der Waals surface area contributed by atoms with Gasteiger partial charge in [-0.1, -0.05) is 39.5 Å². The molecule has 6 amide bonds. The van der Waals surface area contributed by atoms with Crippen molar-refractivity contribution in [1.29, 1.82) is 0 Å². The zero-order chi connectivity index (χ0) is 55.6. The molecule has 0 saturated carbocycles. The molecular formula is C45H53N23O8S2. The molecule has 408 valence electrons. The number of morpholine rings is 2. The van der Waals surface area contributed by atoms with Crippen LogP contribution in [0.4, 0.5) is 0 Å². The van der Waals surface area contributed by atoms with E-state index in [9.17, 15) is 28.8 Å². The molecule has 0 spiro atoms. The topological polar surface area (TPSA) is 403 Å². The quantitative estimate of drug-likeness (QED) is 0.152. The van der Waals surface area contributed by atoms with Crippen LogP contribution in [0.3, 0.4) is 0 Å². The molecule has 0 radical (unpaired) electrons. The largest absolute Gasteiger partial charge is 0.356 e. The number of hydrogen-bond acceptors (Lipinski definition) is 27. The van der Waals surface area contributed by atoms with E-state index in [-0.39, 0.29) is 58.7 Å². The van der Waals surface area contributed by atoms with Crippen LogP contribution in [0.5, 0.6) is 0 Å². The summed E-state index contributed by atoms with van der Waals surface area (Å²) in [5.41, 5.74) is 6.05. The second-order valence-corrected chi connectivity index (χ2v) is 18.9. The van der Waals surface area contributed by atoms with E-state index < -0.39 is 18.2 Å². The minimum Gasteiger partial charge on any atom is -0.356 e. The fourth-order valence-electron chi connectivity index (χ4n) is 7.13. The van der Waals surface area contributed by atoms with E-state index in [0.717, 1.165) is 22.9 Å². The second kappa shape index (κ2) is 28.1. The lowest BCUT2D eigenvalue weighted by molar-refractivity contribution is -0.131. The molecule has 12 heterocycles. The van der Waals surface area contributed by atoms with Gasteiger partial charge in [-0.25, -0.2) is 15.0 Å². The molecular weight excluding hydrogens is 1050 g/mol. The molecule has 6 atom stereocenters. The van der Waals surface area contributed by atoms with Gasteiger partial charge in [0.15, 0.2) is 49.7 Å². The number of amidine groups is 3. The summed E-state index contributed by atoms with van der Waals surface area (Å²) in [7, 11) is 0. The summed E-state index contributed by atoms with van der Waals surface area (Å²) in [6, 6.07) is -0.839. The third-order valence-corrected chi connectivity index (χ3v) is 13.2. The molecule has 12 aliphatic heterocycles. The Morgan fingerprint density at radius 2 is 0.833 bits per heavy atom. The van der Waals surface area contributed by atoms with Gasteiger partial charge in [-0.15, -0.1) is 38.9 Å². The third-order valence-electron chi connectivity index (χ3n) is 10.7. The summed E-state index contributed by atoms with van der Waals surface area (Å²) in [6.07, 6.45) is 3.53. The van der Waals surface area contributed by atoms with Crippen molar-refractivity contribution in [2.24, 2.45) is 75.6 Å². The maximum atomic E-state index is 11.5. The predicted octanol–water partition coefficient (Wildman–Crippen LogP) is -1.42. The van der Waals surface area contributed by atoms with Crippen molar-refractivity contribution in [3.8, 4) is 0 Å². The Bertz CT molecular complexity index is 2420. The van der Waals surface area contributed by atoms with E-state index in [2.05, 4.69) is 158 Å². The maximum absolute atomic E-state index is 11.5. The highest BCUT2D eigenvalue weighted by Crippen LogP contribution is 2.23. The maximum Gasteiger partial charge on any atom is 0.261 e. The average molecular weight is 1110 g/mol. The van der Waals surface area contributed by atoms with Gasteiger partial charge >= 0.3 is 0 Å². The number of ether oxygens (including phenoxy) is 2. The summed E-state index contributed by atoms with van der Waals surface area (Å²) < 4.78 is 10.4. The minimum absolute atomic E-state index is 0.0339. The number of amides is 6. The number of rotatable bonds is 6. The van der Waals surface area contributed by atoms with Gasteiger partial charge in [0.1, 0.15) is 42.6 Å². The molecule has 33 heteroatoms. The van der Waals surface area contributed by atoms with E-state index >= 15 is 0 Å². The number of thioether (sulfide) groups is 2. The molecule has 12 rings (SSSR count). The fourth-order valence-corrected chi connectivity index (χ4v) is 9.01. The zero-order valence-electron chi connectivity index (χ0n) is 41.7. The van der Waals surface area contributed by atoms with Crippen LogP contribution >= 0.6 is 23.5 Å². The number of nitrogens with zero attached hydrogens (tertiary/aromatic N) is 15. The highest BCUT2D eigenvalue weighted by Gasteiger charge is 2.34. The molecule has 0 aromatic carbocycles. The van der Waals surface area contributed by atoms with Crippen LogP contribution in [0.25, 0.3) is 0 Å². The van der Waals surface area contributed by atoms with E-state index in [1.807, 2.05) is 0 Å². The van der Waals surface area contributed by atoms with E-state index in [1.54, 1.807) is 30.4 Å². The Kier molecular flexibility index (Phi) is 20.7. The van der Waals surface area contributed by atoms with E-state index in [0.29, 0.717) is 117 Å². The minimum atomic E-state index is -0.725. The Morgan fingerprint density at radius 1 is 0.410 bits per heavy atom. The number of nitrogens with one attached hydrogen (secondary N) is 8. The monoisotopic (exact) mass is 1110 g/mol. The Morgan fingerprint density at radius 3 is 1.28 bits per heavy atom. The lowest BCUT2D eigenvalue weighted by atomic mass is 10.1. The Labute approximate surface area is 453 Å². The first-order chi connectivity index (χ1) is 37.6. The van der Waals surface area contributed by atoms with E-state index in [4.69, 9.17) is 9.47 Å². The van der Waals surface area contributed by atoms with Crippen molar-refractivity contribution < 1.29 is 38.2 Å². The third kappa shape index (κ3) is 16.3. The molecule has 6 saturated heterocycles. The van der Waals surface area contributed by atoms with Gasteiger partial charge in [-0.3, -0.25) is 69.4 Å². The van der Waals surface area contributed by atoms with E-state index in [1.165, 1.54) is 11.8 Å². The average Bonchev–Trinajstić information content (AvgIpc) is 4.26. The first kappa shape index (κ1) is 57.3. The van der Waals surface area contributed by atoms with Gasteiger partial charge in [-0.05, 0) is 0 Å². The summed E-state index contributed by atoms with van der Waals surface area (Å²) in [5, 5.41) is 43.6. The van der Waals surface area contributed by atoms with Crippen molar-refractivity contribution in [2.75, 3.05) is 77.8 Å². The SMILES string of the molecule is C=C1CNC(C2=NCN=C2)C(=O)N1.C=C1CNC(C2=NCN=N2)C(=O)N1.C=C1COC(C2=NCN=C2)C(=O)N1.C=C1COC(C2=NCN=N2)C(=O)N1.C=C1CSC(C2=NCN=C2)C(=O)N1.C=C1CSC(C2=NCN=N2)C(=O)N1. The Balaban J connectivity index is 0.000000136. The molecule has 8 N–H and O–H groups in total. The smallest absolute Gasteiger partial charge is 0.261 e. The summed E-state index contributed by atoms with van der Waals surface area (Å²) in [5.74, 6) is 1.87. The number of aliphatic imine (C=N–C) groups is 9. The molecule has 0 aromatic heterocycles. The summed E-state index contributed by atoms with van der Waals surface area (Å²) in [6.45, 7) is 25.8. The van der Waals surface area contributed by atoms with Crippen LogP contribution in [0.15, 0.2) is 149 Å². The number of carbonyl (C=O) groups is 6. The van der Waals surface area contributed by atoms with Crippen molar-refractivity contribution >= 4 is 112 Å². The molecule has 0 aromatic rings. The molecule has 31 nitrogen and oxygen atoms in total. The molecule has 6 fully saturated rings. The first-order valence-electron chi connectivity index (χ1n) is 23.4. The van der Waals surface area contributed by atoms with Crippen molar-refractivity contribution in [3.63, 3.8) is 0 Å². The number of piperazine rings is 2. The molecule has 6 unspecified atom stereocenters. The predicted molar refractivity (Wildman–Crippen MR) is 293 cm³/mol. The standard InChI is InChI=1S/C8H10N4O.C8H9N3O2.C8H9N3OS.C7H9N5O.C7H8N4O2.C7H8N4OS/c1-5-2-10-7(8(13)12-5)6-3-9-4-11-6;2*1-5-3-13-7(8(12)11-5)6-2-9-4-10-6;1-4-2-8-5(7(13)11-4)6-9-3-10-12-6;2*1-4-2-13-5(7(12)10-4)6-8-3-9-11-6/h3,7,10H,1-2,4H2,(H,12,13);2*2,7H,1,3-4H2,(H,11,12);5,8H,1-3H2,(H,11,13);2*5H,1-3H2,(H,10,12). The number of carbonyl (C=O) groups excluding carboxylic acids is 6. The van der Waals surface area contributed by atoms with Crippen LogP contribution in [-0.4, -0.2) is 201 Å². The number of azo groups is 3. The van der Waals surface area contributed by atoms with Crippen LogP contribution in [0, 0.1) is 0 Å². The number of hydrogen-bond donors (Lipinski definition) is 8. The molecule has 78 heavy (non-hydrogen) atoms. The summed E-state index contributed by atoms with van der Waals surface area (Å²) in [4.78, 5) is 104. The van der Waals surface area contributed by atoms with Crippen molar-refractivity contribution in [2.45, 2.75) is 34.8 Å². The van der Waals surface area contributed by atoms with Crippen LogP contribution in [0.2, 0.25) is 0 Å². The molecule has 0 bridgehead atoms. The molecule has 0 aliphatic carbocycles. The lowest BCUT2D eigenvalue weighted by Gasteiger charge is -2.23. The molecule has 12 aliphatic rings. The van der Waals surface area contributed by atoms with Gasteiger partial charge in [-0.2, -0.15) is 15.3 Å². The first-order valence-corrected chi connectivity index (χ1v) is 25.5. The lowest BCUT2D eigenvalue weighted by Crippen LogP contribution is -2.55. The van der Waals surface area contributed by atoms with Gasteiger partial charge in [0.05, 0.1) is 30.3 Å². The van der Waals surface area contributed by atoms with Crippen LogP contribution < -0.4 is 42.5 Å². The van der Waals surface area contributed by atoms with Crippen molar-refractivity contribution in [3.05, 3.63) is 73.7 Å². The second-order valence-electron chi connectivity index (χ2n) is 16.8. The van der Waals surface area contributed by atoms with Gasteiger partial charge in [0.2, 0.25) is 23.6 Å². The highest BCUT2D eigenvalue weighted by atomic mass is 32.2. The van der Waals surface area contributed by atoms with Crippen LogP contribution in [0.1, 0.15) is 0 Å². The van der Waals surface area contributed by atoms with Gasteiger partial charge in [0, 0.05) is 77.4 Å². The summed E-state index contributed by atoms with van der Waals surface area (Å²) >= 11 is 3.02. The van der Waals surface area contributed by atoms with Gasteiger partial charge in [0.25, 0.3) is 11.8 Å². The Hall–Kier alpha value is -8.37. The van der Waals surface area contributed by atoms with Crippen molar-refractivity contribution in [1.82, 2.24) is 42.5 Å². The normalized spacial score (nSPS) is 27.4. The zero-order valence-corrected chi connectivity index (χ0v) is 43.3. The fraction of sp³-hybridized carbons (Fsp3) is 0.400. The van der Waals surface area contributed by atoms with Gasteiger partial charge < -0.3 is 41.4 Å². The van der Waals surface area contributed by atoms with Crippen LogP contribution in [-0.2, 0) is 38.2 Å². The highest BCUT2D eigenvalue weighted by molar-refractivity contribution is 8.02.